The van der Waals surface area contributed by atoms with Crippen LogP contribution in [0.4, 0.5) is 0 Å². The van der Waals surface area contributed by atoms with E-state index in [0.29, 0.717) is 4.75 Å². The number of aldehydes is 1. The summed E-state index contributed by atoms with van der Waals surface area (Å²) in [5.74, 6) is 1.18. The number of hydrogen-bond donors (Lipinski definition) is 0. The maximum absolute atomic E-state index is 10.8. The topological polar surface area (TPSA) is 20.3 Å². The fourth-order valence-electron chi connectivity index (χ4n) is 1.86. The summed E-state index contributed by atoms with van der Waals surface area (Å²) in [4.78, 5) is 13.2. The van der Waals surface area contributed by atoms with Gasteiger partial charge in [0.15, 0.2) is 0 Å². The second kappa shape index (κ2) is 4.23. The summed E-state index contributed by atoms with van der Waals surface area (Å²) in [5.41, 5.74) is -0.196. The van der Waals surface area contributed by atoms with Gasteiger partial charge in [-0.1, -0.05) is 13.8 Å². The van der Waals surface area contributed by atoms with Crippen LogP contribution >= 0.6 is 11.8 Å². The Morgan fingerprint density at radius 2 is 2.14 bits per heavy atom. The van der Waals surface area contributed by atoms with Gasteiger partial charge in [-0.25, -0.2) is 0 Å². The number of carbonyl (C=O) groups is 1. The molecule has 0 aromatic carbocycles. The minimum atomic E-state index is -0.196. The second-order valence-electron chi connectivity index (χ2n) is 5.43. The summed E-state index contributed by atoms with van der Waals surface area (Å²) in [5, 5.41) is 0. The van der Waals surface area contributed by atoms with E-state index in [1.807, 2.05) is 25.6 Å². The normalized spacial score (nSPS) is 23.4. The van der Waals surface area contributed by atoms with E-state index < -0.39 is 0 Å². The molecule has 1 heterocycles. The molecule has 1 aliphatic heterocycles. The zero-order valence-corrected chi connectivity index (χ0v) is 10.5. The van der Waals surface area contributed by atoms with Crippen molar-refractivity contribution in [3.63, 3.8) is 0 Å². The van der Waals surface area contributed by atoms with Gasteiger partial charge < -0.3 is 9.69 Å². The smallest absolute Gasteiger partial charge is 0.126 e. The number of rotatable bonds is 3. The Labute approximate surface area is 91.4 Å². The molecule has 3 heteroatoms. The van der Waals surface area contributed by atoms with Gasteiger partial charge in [0, 0.05) is 35.5 Å². The minimum absolute atomic E-state index is 0.196. The third kappa shape index (κ3) is 3.62. The Kier molecular flexibility index (Phi) is 3.64. The molecule has 0 bridgehead atoms. The third-order valence-electron chi connectivity index (χ3n) is 2.45. The molecule has 0 N–H and O–H groups in total. The van der Waals surface area contributed by atoms with Crippen molar-refractivity contribution in [2.45, 2.75) is 32.4 Å². The van der Waals surface area contributed by atoms with E-state index in [-0.39, 0.29) is 5.41 Å². The van der Waals surface area contributed by atoms with E-state index in [2.05, 4.69) is 18.7 Å². The summed E-state index contributed by atoms with van der Waals surface area (Å²) < 4.78 is 0.344. The van der Waals surface area contributed by atoms with Crippen molar-refractivity contribution in [2.75, 3.05) is 25.4 Å². The number of thioether (sulfide) groups is 1. The predicted molar refractivity (Wildman–Crippen MR) is 62.8 cm³/mol. The van der Waals surface area contributed by atoms with Crippen molar-refractivity contribution in [2.24, 2.45) is 5.41 Å². The molecular formula is C11H21NOS. The van der Waals surface area contributed by atoms with Crippen LogP contribution in [0, 0.1) is 5.41 Å². The number of hydrogen-bond acceptors (Lipinski definition) is 3. The molecule has 0 unspecified atom stereocenters. The SMILES string of the molecule is CC(C)(C=O)CN1CCSC(C)(C)C1. The van der Waals surface area contributed by atoms with Crippen LogP contribution in [0.2, 0.25) is 0 Å². The Hall–Kier alpha value is -0.0200. The molecule has 0 aromatic rings. The van der Waals surface area contributed by atoms with Crippen molar-refractivity contribution in [3.05, 3.63) is 0 Å². The second-order valence-corrected chi connectivity index (χ2v) is 7.23. The van der Waals surface area contributed by atoms with Gasteiger partial charge in [-0.15, -0.1) is 0 Å². The van der Waals surface area contributed by atoms with Crippen molar-refractivity contribution in [1.82, 2.24) is 4.90 Å². The first-order valence-corrected chi connectivity index (χ1v) is 6.16. The lowest BCUT2D eigenvalue weighted by molar-refractivity contribution is -0.115. The van der Waals surface area contributed by atoms with Crippen LogP contribution < -0.4 is 0 Å². The molecular weight excluding hydrogens is 194 g/mol. The molecule has 0 atom stereocenters. The van der Waals surface area contributed by atoms with E-state index in [1.165, 1.54) is 5.75 Å². The van der Waals surface area contributed by atoms with E-state index >= 15 is 0 Å². The van der Waals surface area contributed by atoms with Crippen molar-refractivity contribution < 1.29 is 4.79 Å². The standard InChI is InChI=1S/C11H21NOS/c1-10(2,9-13)7-12-5-6-14-11(3,4)8-12/h9H,5-8H2,1-4H3. The quantitative estimate of drug-likeness (QED) is 0.672. The highest BCUT2D eigenvalue weighted by atomic mass is 32.2. The summed E-state index contributed by atoms with van der Waals surface area (Å²) >= 11 is 2.03. The molecule has 1 fully saturated rings. The molecule has 0 spiro atoms. The van der Waals surface area contributed by atoms with Crippen molar-refractivity contribution in [1.29, 1.82) is 0 Å². The highest BCUT2D eigenvalue weighted by Gasteiger charge is 2.30. The highest BCUT2D eigenvalue weighted by molar-refractivity contribution is 8.00. The first-order valence-electron chi connectivity index (χ1n) is 5.17. The summed E-state index contributed by atoms with van der Waals surface area (Å²) in [7, 11) is 0. The van der Waals surface area contributed by atoms with Gasteiger partial charge in [0.25, 0.3) is 0 Å². The van der Waals surface area contributed by atoms with Crippen molar-refractivity contribution >= 4 is 18.0 Å². The minimum Gasteiger partial charge on any atom is -0.303 e. The monoisotopic (exact) mass is 215 g/mol. The molecule has 1 aliphatic rings. The van der Waals surface area contributed by atoms with Gasteiger partial charge in [-0.3, -0.25) is 0 Å². The van der Waals surface area contributed by atoms with Gasteiger partial charge in [0.05, 0.1) is 0 Å². The van der Waals surface area contributed by atoms with E-state index in [1.54, 1.807) is 0 Å². The number of nitrogens with zero attached hydrogens (tertiary/aromatic N) is 1. The van der Waals surface area contributed by atoms with Gasteiger partial charge in [-0.05, 0) is 13.8 Å². The van der Waals surface area contributed by atoms with Crippen molar-refractivity contribution in [3.8, 4) is 0 Å². The molecule has 1 rings (SSSR count). The van der Waals surface area contributed by atoms with Gasteiger partial charge >= 0.3 is 0 Å². The van der Waals surface area contributed by atoms with Crippen LogP contribution in [-0.2, 0) is 4.79 Å². The molecule has 82 valence electrons. The Bertz CT molecular complexity index is 213. The third-order valence-corrected chi connectivity index (χ3v) is 3.75. The summed E-state index contributed by atoms with van der Waals surface area (Å²) in [6.45, 7) is 11.7. The van der Waals surface area contributed by atoms with Crippen LogP contribution in [0.25, 0.3) is 0 Å². The predicted octanol–water partition coefficient (Wildman–Crippen LogP) is 2.04. The molecule has 14 heavy (non-hydrogen) atoms. The maximum Gasteiger partial charge on any atom is 0.126 e. The Morgan fingerprint density at radius 3 is 2.64 bits per heavy atom. The molecule has 0 saturated carbocycles. The van der Waals surface area contributed by atoms with Crippen LogP contribution in [0.3, 0.4) is 0 Å². The van der Waals surface area contributed by atoms with Gasteiger partial charge in [0.1, 0.15) is 6.29 Å². The number of carbonyl (C=O) groups excluding carboxylic acids is 1. The molecule has 2 nitrogen and oxygen atoms in total. The van der Waals surface area contributed by atoms with E-state index in [4.69, 9.17) is 0 Å². The molecule has 1 saturated heterocycles. The fraction of sp³-hybridized carbons (Fsp3) is 0.909. The average molecular weight is 215 g/mol. The molecule has 0 amide bonds. The zero-order chi connectivity index (χ0) is 10.8. The highest BCUT2D eigenvalue weighted by Crippen LogP contribution is 2.30. The van der Waals surface area contributed by atoms with Crippen LogP contribution in [0.5, 0.6) is 0 Å². The largest absolute Gasteiger partial charge is 0.303 e. The lowest BCUT2D eigenvalue weighted by Gasteiger charge is -2.39. The average Bonchev–Trinajstić information content (AvgIpc) is 2.01. The first kappa shape index (κ1) is 12.1. The van der Waals surface area contributed by atoms with Crippen LogP contribution in [-0.4, -0.2) is 41.3 Å². The van der Waals surface area contributed by atoms with Crippen LogP contribution in [0.15, 0.2) is 0 Å². The Morgan fingerprint density at radius 1 is 1.50 bits per heavy atom. The molecule has 0 aromatic heterocycles. The summed E-state index contributed by atoms with van der Waals surface area (Å²) in [6, 6.07) is 0. The summed E-state index contributed by atoms with van der Waals surface area (Å²) in [6.07, 6.45) is 1.07. The lowest BCUT2D eigenvalue weighted by atomic mass is 9.94. The molecule has 0 radical (unpaired) electrons. The van der Waals surface area contributed by atoms with E-state index in [0.717, 1.165) is 25.9 Å². The fourth-order valence-corrected chi connectivity index (χ4v) is 3.04. The lowest BCUT2D eigenvalue weighted by Crippen LogP contribution is -2.47. The van der Waals surface area contributed by atoms with Gasteiger partial charge in [-0.2, -0.15) is 11.8 Å². The first-order chi connectivity index (χ1) is 6.35. The van der Waals surface area contributed by atoms with Gasteiger partial charge in [0.2, 0.25) is 0 Å². The maximum atomic E-state index is 10.8. The zero-order valence-electron chi connectivity index (χ0n) is 9.67. The Balaban J connectivity index is 2.50. The van der Waals surface area contributed by atoms with E-state index in [9.17, 15) is 4.79 Å². The molecule has 0 aliphatic carbocycles. The van der Waals surface area contributed by atoms with Crippen LogP contribution in [0.1, 0.15) is 27.7 Å².